The van der Waals surface area contributed by atoms with Crippen molar-refractivity contribution in [2.45, 2.75) is 33.0 Å². The number of halogens is 1. The Morgan fingerprint density at radius 3 is 2.82 bits per heavy atom. The summed E-state index contributed by atoms with van der Waals surface area (Å²) in [6.45, 7) is 10.2. The lowest BCUT2D eigenvalue weighted by atomic mass is 10.1. The van der Waals surface area contributed by atoms with Gasteiger partial charge in [-0.1, -0.05) is 19.9 Å². The quantitative estimate of drug-likeness (QED) is 0.522. The summed E-state index contributed by atoms with van der Waals surface area (Å²) in [6, 6.07) is 5.25. The molecule has 0 amide bonds. The zero-order chi connectivity index (χ0) is 20.5. The molecule has 2 N–H and O–H groups in total. The number of hydrogen-bond acceptors (Lipinski definition) is 4. The van der Waals surface area contributed by atoms with Crippen molar-refractivity contribution in [2.75, 3.05) is 53.9 Å². The predicted molar refractivity (Wildman–Crippen MR) is 113 cm³/mol. The zero-order valence-corrected chi connectivity index (χ0v) is 18.0. The first-order chi connectivity index (χ1) is 13.4. The second kappa shape index (κ2) is 11.3. The van der Waals surface area contributed by atoms with Gasteiger partial charge in [-0.25, -0.2) is 4.39 Å². The van der Waals surface area contributed by atoms with E-state index >= 15 is 0 Å². The van der Waals surface area contributed by atoms with E-state index in [1.807, 2.05) is 31.1 Å². The second-order valence-corrected chi connectivity index (χ2v) is 8.12. The molecule has 1 aliphatic heterocycles. The molecule has 1 aromatic rings. The van der Waals surface area contributed by atoms with Gasteiger partial charge in [0.15, 0.2) is 5.96 Å². The highest BCUT2D eigenvalue weighted by Gasteiger charge is 2.21. The van der Waals surface area contributed by atoms with Crippen molar-refractivity contribution in [1.29, 1.82) is 0 Å². The van der Waals surface area contributed by atoms with E-state index in [9.17, 15) is 4.39 Å². The first-order valence-corrected chi connectivity index (χ1v) is 10.1. The van der Waals surface area contributed by atoms with E-state index in [0.29, 0.717) is 31.1 Å². The molecule has 2 rings (SSSR count). The fraction of sp³-hybridized carbons (Fsp3) is 0.667. The van der Waals surface area contributed by atoms with Crippen LogP contribution in [-0.4, -0.2) is 75.8 Å². The molecule has 1 aromatic carbocycles. The number of guanidine groups is 1. The van der Waals surface area contributed by atoms with Crippen molar-refractivity contribution in [3.63, 3.8) is 0 Å². The van der Waals surface area contributed by atoms with Gasteiger partial charge in [-0.2, -0.15) is 0 Å². The van der Waals surface area contributed by atoms with Gasteiger partial charge >= 0.3 is 0 Å². The fourth-order valence-corrected chi connectivity index (χ4v) is 3.40. The maximum absolute atomic E-state index is 13.9. The molecule has 0 spiro atoms. The van der Waals surface area contributed by atoms with E-state index in [0.717, 1.165) is 37.8 Å². The number of hydrogen-bond donors (Lipinski definition) is 2. The zero-order valence-electron chi connectivity index (χ0n) is 18.0. The smallest absolute Gasteiger partial charge is 0.191 e. The number of aliphatic imine (C=N–C) groups is 1. The van der Waals surface area contributed by atoms with Crippen LogP contribution in [0.2, 0.25) is 0 Å². The minimum Gasteiger partial charge on any atom is -0.374 e. The number of nitrogens with one attached hydrogen (secondary N) is 2. The van der Waals surface area contributed by atoms with Crippen LogP contribution in [0.5, 0.6) is 0 Å². The Hall–Kier alpha value is -1.70. The van der Waals surface area contributed by atoms with Crippen molar-refractivity contribution in [3.05, 3.63) is 35.1 Å². The summed E-state index contributed by atoms with van der Waals surface area (Å²) >= 11 is 0. The lowest BCUT2D eigenvalue weighted by molar-refractivity contribution is -0.0284. The van der Waals surface area contributed by atoms with Crippen molar-refractivity contribution in [2.24, 2.45) is 10.9 Å². The van der Waals surface area contributed by atoms with Crippen LogP contribution >= 0.6 is 0 Å². The SMILES string of the molecule is CN=C(NCc1ccc(F)c(CN(C)C)c1)NCC1CN(CC(C)C)CCO1. The molecule has 1 unspecified atom stereocenters. The minimum absolute atomic E-state index is 0.156. The molecule has 1 aliphatic rings. The Labute approximate surface area is 169 Å². The second-order valence-electron chi connectivity index (χ2n) is 8.12. The number of ether oxygens (including phenoxy) is 1. The third kappa shape index (κ3) is 7.73. The molecule has 7 heteroatoms. The maximum Gasteiger partial charge on any atom is 0.191 e. The van der Waals surface area contributed by atoms with Gasteiger partial charge < -0.3 is 20.3 Å². The lowest BCUT2D eigenvalue weighted by Crippen LogP contribution is -2.50. The van der Waals surface area contributed by atoms with E-state index in [2.05, 4.69) is 34.4 Å². The van der Waals surface area contributed by atoms with Crippen LogP contribution in [0.25, 0.3) is 0 Å². The number of rotatable bonds is 8. The molecule has 6 nitrogen and oxygen atoms in total. The summed E-state index contributed by atoms with van der Waals surface area (Å²) in [4.78, 5) is 8.71. The summed E-state index contributed by atoms with van der Waals surface area (Å²) in [7, 11) is 5.63. The molecule has 28 heavy (non-hydrogen) atoms. The highest BCUT2D eigenvalue weighted by Crippen LogP contribution is 2.12. The molecule has 0 bridgehead atoms. The Morgan fingerprint density at radius 1 is 1.36 bits per heavy atom. The van der Waals surface area contributed by atoms with Crippen molar-refractivity contribution in [3.8, 4) is 0 Å². The Bertz CT molecular complexity index is 635. The van der Waals surface area contributed by atoms with Crippen LogP contribution in [0.1, 0.15) is 25.0 Å². The first kappa shape index (κ1) is 22.6. The summed E-state index contributed by atoms with van der Waals surface area (Å²) in [6.07, 6.45) is 0.156. The van der Waals surface area contributed by atoms with Crippen LogP contribution in [0.4, 0.5) is 4.39 Å². The van der Waals surface area contributed by atoms with Crippen LogP contribution in [0.3, 0.4) is 0 Å². The molecule has 158 valence electrons. The van der Waals surface area contributed by atoms with Crippen molar-refractivity contribution in [1.82, 2.24) is 20.4 Å². The average molecular weight is 394 g/mol. The van der Waals surface area contributed by atoms with Gasteiger partial charge in [0.05, 0.1) is 12.7 Å². The molecule has 1 atom stereocenters. The summed E-state index contributed by atoms with van der Waals surface area (Å²) in [5.41, 5.74) is 1.73. The first-order valence-electron chi connectivity index (χ1n) is 10.1. The molecule has 0 aliphatic carbocycles. The van der Waals surface area contributed by atoms with Crippen molar-refractivity contribution < 1.29 is 9.13 Å². The monoisotopic (exact) mass is 393 g/mol. The molecule has 1 heterocycles. The topological polar surface area (TPSA) is 52.1 Å². The maximum atomic E-state index is 13.9. The van der Waals surface area contributed by atoms with Crippen LogP contribution in [0.15, 0.2) is 23.2 Å². The number of nitrogens with zero attached hydrogens (tertiary/aromatic N) is 3. The van der Waals surface area contributed by atoms with Gasteiger partial charge in [0.25, 0.3) is 0 Å². The van der Waals surface area contributed by atoms with Gasteiger partial charge in [-0.3, -0.25) is 9.89 Å². The molecule has 0 aromatic heterocycles. The highest BCUT2D eigenvalue weighted by molar-refractivity contribution is 5.79. The molecular formula is C21H36FN5O. The minimum atomic E-state index is -0.166. The Kier molecular flexibility index (Phi) is 9.15. The Morgan fingerprint density at radius 2 is 2.14 bits per heavy atom. The van der Waals surface area contributed by atoms with Gasteiger partial charge in [-0.15, -0.1) is 0 Å². The van der Waals surface area contributed by atoms with E-state index in [-0.39, 0.29) is 11.9 Å². The number of morpholine rings is 1. The third-order valence-electron chi connectivity index (χ3n) is 4.62. The average Bonchev–Trinajstić information content (AvgIpc) is 2.63. The van der Waals surface area contributed by atoms with E-state index < -0.39 is 0 Å². The van der Waals surface area contributed by atoms with E-state index in [4.69, 9.17) is 4.74 Å². The normalized spacial score (nSPS) is 18.7. The van der Waals surface area contributed by atoms with Gasteiger partial charge in [0.2, 0.25) is 0 Å². The molecule has 0 radical (unpaired) electrons. The van der Waals surface area contributed by atoms with Gasteiger partial charge in [0, 0.05) is 51.9 Å². The van der Waals surface area contributed by atoms with Crippen molar-refractivity contribution >= 4 is 5.96 Å². The summed E-state index contributed by atoms with van der Waals surface area (Å²) < 4.78 is 19.8. The summed E-state index contributed by atoms with van der Waals surface area (Å²) in [5, 5.41) is 6.65. The van der Waals surface area contributed by atoms with Gasteiger partial charge in [-0.05, 0) is 37.7 Å². The largest absolute Gasteiger partial charge is 0.374 e. The third-order valence-corrected chi connectivity index (χ3v) is 4.62. The van der Waals surface area contributed by atoms with Crippen LogP contribution in [0, 0.1) is 11.7 Å². The van der Waals surface area contributed by atoms with Gasteiger partial charge in [0.1, 0.15) is 5.82 Å². The fourth-order valence-electron chi connectivity index (χ4n) is 3.40. The van der Waals surface area contributed by atoms with Crippen LogP contribution < -0.4 is 10.6 Å². The van der Waals surface area contributed by atoms with Crippen LogP contribution in [-0.2, 0) is 17.8 Å². The molecule has 1 fully saturated rings. The highest BCUT2D eigenvalue weighted by atomic mass is 19.1. The standard InChI is InChI=1S/C21H36FN5O/c1-16(2)13-27-8-9-28-19(15-27)12-25-21(23-3)24-11-17-6-7-20(22)18(10-17)14-26(4)5/h6-7,10,16,19H,8-9,11-15H2,1-5H3,(H2,23,24,25). The van der Waals surface area contributed by atoms with E-state index in [1.165, 1.54) is 6.07 Å². The summed E-state index contributed by atoms with van der Waals surface area (Å²) in [5.74, 6) is 1.22. The molecule has 0 saturated carbocycles. The predicted octanol–water partition coefficient (Wildman–Crippen LogP) is 1.91. The molecular weight excluding hydrogens is 357 g/mol. The molecule has 1 saturated heterocycles. The lowest BCUT2D eigenvalue weighted by Gasteiger charge is -2.34. The Balaban J connectivity index is 1.81. The van der Waals surface area contributed by atoms with E-state index in [1.54, 1.807) is 7.05 Å². The number of benzene rings is 1.